The third-order valence-electron chi connectivity index (χ3n) is 3.58. The van der Waals surface area contributed by atoms with Crippen LogP contribution in [0.3, 0.4) is 0 Å². The van der Waals surface area contributed by atoms with Crippen LogP contribution in [0.15, 0.2) is 34.9 Å². The van der Waals surface area contributed by atoms with Gasteiger partial charge in [-0.2, -0.15) is 0 Å². The number of nitrogens with zero attached hydrogens (tertiary/aromatic N) is 1. The number of fused-ring (bicyclic) bond motifs is 1. The van der Waals surface area contributed by atoms with Crippen molar-refractivity contribution in [2.45, 2.75) is 52.2 Å². The molecule has 5 nitrogen and oxygen atoms in total. The average molecular weight is 408 g/mol. The van der Waals surface area contributed by atoms with E-state index in [1.807, 2.05) is 58.9 Å². The zero-order valence-electron chi connectivity index (χ0n) is 15.4. The number of para-hydroxylation sites is 1. The van der Waals surface area contributed by atoms with Gasteiger partial charge in [0.1, 0.15) is 5.60 Å². The fraction of sp³-hybridized carbons (Fsp3) is 0.474. The summed E-state index contributed by atoms with van der Waals surface area (Å²) in [5.41, 5.74) is 1.04. The van der Waals surface area contributed by atoms with Gasteiger partial charge in [0.05, 0.1) is 11.2 Å². The van der Waals surface area contributed by atoms with Gasteiger partial charge in [-0.3, -0.25) is 4.98 Å². The number of ether oxygens (including phenoxy) is 1. The number of alkyl carbamates (subject to hydrolysis) is 1. The van der Waals surface area contributed by atoms with Gasteiger partial charge < -0.3 is 15.4 Å². The Morgan fingerprint density at radius 2 is 1.96 bits per heavy atom. The molecule has 0 atom stereocenters. The second-order valence-electron chi connectivity index (χ2n) is 7.72. The van der Waals surface area contributed by atoms with Gasteiger partial charge in [0.2, 0.25) is 0 Å². The topological polar surface area (TPSA) is 63.2 Å². The third-order valence-corrected chi connectivity index (χ3v) is 4.02. The zero-order valence-corrected chi connectivity index (χ0v) is 17.0. The minimum Gasteiger partial charge on any atom is -0.444 e. The summed E-state index contributed by atoms with van der Waals surface area (Å²) in [6.45, 7) is 10.2. The quantitative estimate of drug-likeness (QED) is 0.723. The minimum absolute atomic E-state index is 0.379. The van der Waals surface area contributed by atoms with Gasteiger partial charge in [-0.25, -0.2) is 4.79 Å². The average Bonchev–Trinajstić information content (AvgIpc) is 2.44. The van der Waals surface area contributed by atoms with Crippen molar-refractivity contribution in [3.8, 4) is 0 Å². The van der Waals surface area contributed by atoms with Crippen LogP contribution >= 0.6 is 15.9 Å². The number of hydrogen-bond acceptors (Lipinski definition) is 4. The zero-order chi connectivity index (χ0) is 18.7. The summed E-state index contributed by atoms with van der Waals surface area (Å²) in [6.07, 6.45) is 2.15. The highest BCUT2D eigenvalue weighted by Crippen LogP contribution is 2.24. The Balaban J connectivity index is 1.95. The summed E-state index contributed by atoms with van der Waals surface area (Å²) >= 11 is 3.44. The van der Waals surface area contributed by atoms with Gasteiger partial charge >= 0.3 is 6.09 Å². The van der Waals surface area contributed by atoms with E-state index in [1.165, 1.54) is 0 Å². The van der Waals surface area contributed by atoms with Crippen molar-refractivity contribution in [2.75, 3.05) is 11.9 Å². The van der Waals surface area contributed by atoms with Crippen LogP contribution in [0.4, 0.5) is 10.5 Å². The standard InChI is InChI=1S/C19H26BrN3O2/c1-18(2,3)25-17(24)23-19(4,5)9-10-21-15-8-6-7-13-11-14(20)12-22-16(13)15/h6-8,11-12,21H,9-10H2,1-5H3,(H,23,24). The maximum atomic E-state index is 11.9. The van der Waals surface area contributed by atoms with Crippen molar-refractivity contribution in [2.24, 2.45) is 0 Å². The van der Waals surface area contributed by atoms with Gasteiger partial charge in [0, 0.05) is 28.1 Å². The van der Waals surface area contributed by atoms with Crippen LogP contribution in [0, 0.1) is 0 Å². The van der Waals surface area contributed by atoms with E-state index in [9.17, 15) is 4.79 Å². The molecule has 0 aliphatic heterocycles. The van der Waals surface area contributed by atoms with Crippen molar-refractivity contribution in [3.05, 3.63) is 34.9 Å². The van der Waals surface area contributed by atoms with E-state index < -0.39 is 11.7 Å². The molecule has 0 radical (unpaired) electrons. The molecule has 2 rings (SSSR count). The van der Waals surface area contributed by atoms with Crippen LogP contribution in [0.2, 0.25) is 0 Å². The van der Waals surface area contributed by atoms with Crippen molar-refractivity contribution in [1.29, 1.82) is 0 Å². The summed E-state index contributed by atoms with van der Waals surface area (Å²) < 4.78 is 6.28. The van der Waals surface area contributed by atoms with Crippen molar-refractivity contribution >= 4 is 38.6 Å². The monoisotopic (exact) mass is 407 g/mol. The smallest absolute Gasteiger partial charge is 0.408 e. The molecule has 0 saturated heterocycles. The van der Waals surface area contributed by atoms with Crippen LogP contribution in [-0.2, 0) is 4.74 Å². The predicted octanol–water partition coefficient (Wildman–Crippen LogP) is 5.10. The van der Waals surface area contributed by atoms with E-state index in [-0.39, 0.29) is 5.54 Å². The second-order valence-corrected chi connectivity index (χ2v) is 8.63. The number of carbonyl (C=O) groups is 1. The van der Waals surface area contributed by atoms with E-state index in [1.54, 1.807) is 6.20 Å². The van der Waals surface area contributed by atoms with Crippen molar-refractivity contribution in [1.82, 2.24) is 10.3 Å². The van der Waals surface area contributed by atoms with Crippen molar-refractivity contribution in [3.63, 3.8) is 0 Å². The first-order valence-corrected chi connectivity index (χ1v) is 9.14. The number of halogens is 1. The number of carbonyl (C=O) groups excluding carboxylic acids is 1. The van der Waals surface area contributed by atoms with Gasteiger partial charge in [-0.05, 0) is 69.1 Å². The lowest BCUT2D eigenvalue weighted by molar-refractivity contribution is 0.0470. The first-order chi connectivity index (χ1) is 11.6. The molecule has 0 aliphatic rings. The van der Waals surface area contributed by atoms with E-state index in [2.05, 4.69) is 31.5 Å². The Kier molecular flexibility index (Phi) is 5.93. The summed E-state index contributed by atoms with van der Waals surface area (Å²) in [4.78, 5) is 16.4. The molecule has 6 heteroatoms. The van der Waals surface area contributed by atoms with E-state index in [0.29, 0.717) is 6.54 Å². The Morgan fingerprint density at radius 1 is 1.24 bits per heavy atom. The second kappa shape index (κ2) is 7.60. The Bertz CT molecular complexity index is 754. The lowest BCUT2D eigenvalue weighted by atomic mass is 10.0. The number of anilines is 1. The minimum atomic E-state index is -0.499. The molecule has 2 N–H and O–H groups in total. The fourth-order valence-corrected chi connectivity index (χ4v) is 2.78. The number of nitrogens with one attached hydrogen (secondary N) is 2. The third kappa shape index (κ3) is 6.20. The number of pyridine rings is 1. The number of rotatable bonds is 5. The molecule has 1 aromatic carbocycles. The molecule has 1 amide bonds. The molecule has 25 heavy (non-hydrogen) atoms. The number of hydrogen-bond donors (Lipinski definition) is 2. The van der Waals surface area contributed by atoms with Gasteiger partial charge in [0.15, 0.2) is 0 Å². The lowest BCUT2D eigenvalue weighted by Gasteiger charge is -2.29. The van der Waals surface area contributed by atoms with Crippen LogP contribution in [0.25, 0.3) is 10.9 Å². The molecular formula is C19H26BrN3O2. The Morgan fingerprint density at radius 3 is 2.64 bits per heavy atom. The summed E-state index contributed by atoms with van der Waals surface area (Å²) in [7, 11) is 0. The molecule has 0 fully saturated rings. The normalized spacial score (nSPS) is 12.1. The number of benzene rings is 1. The van der Waals surface area contributed by atoms with E-state index in [0.717, 1.165) is 27.5 Å². The fourth-order valence-electron chi connectivity index (χ4n) is 2.43. The Labute approximate surface area is 157 Å². The molecule has 136 valence electrons. The van der Waals surface area contributed by atoms with Crippen LogP contribution in [0.5, 0.6) is 0 Å². The molecule has 0 aliphatic carbocycles. The molecule has 2 aromatic rings. The molecule has 1 aromatic heterocycles. The summed E-state index contributed by atoms with van der Waals surface area (Å²) in [6, 6.07) is 8.09. The van der Waals surface area contributed by atoms with Gasteiger partial charge in [-0.15, -0.1) is 0 Å². The van der Waals surface area contributed by atoms with Gasteiger partial charge in [-0.1, -0.05) is 12.1 Å². The molecular weight excluding hydrogens is 382 g/mol. The summed E-state index contributed by atoms with van der Waals surface area (Å²) in [5.74, 6) is 0. The summed E-state index contributed by atoms with van der Waals surface area (Å²) in [5, 5.41) is 7.41. The SMILES string of the molecule is CC(C)(CCNc1cccc2cc(Br)cnc12)NC(=O)OC(C)(C)C. The predicted molar refractivity (Wildman–Crippen MR) is 106 cm³/mol. The molecule has 1 heterocycles. The number of amides is 1. The molecule has 0 saturated carbocycles. The van der Waals surface area contributed by atoms with E-state index in [4.69, 9.17) is 4.74 Å². The van der Waals surface area contributed by atoms with Crippen molar-refractivity contribution < 1.29 is 9.53 Å². The van der Waals surface area contributed by atoms with Crippen LogP contribution in [-0.4, -0.2) is 28.8 Å². The Hall–Kier alpha value is -1.82. The molecule has 0 spiro atoms. The highest BCUT2D eigenvalue weighted by Gasteiger charge is 2.24. The van der Waals surface area contributed by atoms with Crippen LogP contribution in [0.1, 0.15) is 41.0 Å². The molecule has 0 bridgehead atoms. The van der Waals surface area contributed by atoms with E-state index >= 15 is 0 Å². The van der Waals surface area contributed by atoms with Crippen LogP contribution < -0.4 is 10.6 Å². The first kappa shape index (κ1) is 19.5. The first-order valence-electron chi connectivity index (χ1n) is 8.35. The number of aromatic nitrogens is 1. The highest BCUT2D eigenvalue weighted by atomic mass is 79.9. The van der Waals surface area contributed by atoms with Gasteiger partial charge in [0.25, 0.3) is 0 Å². The lowest BCUT2D eigenvalue weighted by Crippen LogP contribution is -2.46. The molecule has 0 unspecified atom stereocenters. The highest BCUT2D eigenvalue weighted by molar-refractivity contribution is 9.10. The maximum Gasteiger partial charge on any atom is 0.408 e. The largest absolute Gasteiger partial charge is 0.444 e. The maximum absolute atomic E-state index is 11.9.